The molecule has 0 aromatic heterocycles. The fraction of sp³-hybridized carbons (Fsp3) is 0.500. The third-order valence-electron chi connectivity index (χ3n) is 2.40. The Morgan fingerprint density at radius 1 is 1.18 bits per heavy atom. The lowest BCUT2D eigenvalue weighted by Gasteiger charge is -2.21. The van der Waals surface area contributed by atoms with E-state index in [1.807, 2.05) is 44.2 Å². The molecule has 1 rings (SSSR count). The van der Waals surface area contributed by atoms with Gasteiger partial charge in [-0.15, -0.1) is 0 Å². The molecular weight excluding hydrogens is 214 g/mol. The Balaban J connectivity index is 2.47. The van der Waals surface area contributed by atoms with Gasteiger partial charge in [-0.1, -0.05) is 44.2 Å². The zero-order chi connectivity index (χ0) is 12.5. The number of hydrogen-bond acceptors (Lipinski definition) is 2. The molecular formula is C14H21NO2. The average Bonchev–Trinajstić information content (AvgIpc) is 2.36. The van der Waals surface area contributed by atoms with Crippen molar-refractivity contribution in [3.63, 3.8) is 0 Å². The first-order valence-electron chi connectivity index (χ1n) is 6.25. The Bertz CT molecular complexity index is 324. The van der Waals surface area contributed by atoms with Gasteiger partial charge in [0.1, 0.15) is 6.61 Å². The summed E-state index contributed by atoms with van der Waals surface area (Å²) in [4.78, 5) is 17.3. The molecule has 3 nitrogen and oxygen atoms in total. The van der Waals surface area contributed by atoms with Crippen LogP contribution in [-0.4, -0.2) is 17.5 Å². The van der Waals surface area contributed by atoms with Crippen molar-refractivity contribution in [1.29, 1.82) is 0 Å². The van der Waals surface area contributed by atoms with Crippen molar-refractivity contribution >= 4 is 5.91 Å². The molecule has 0 saturated carbocycles. The highest BCUT2D eigenvalue weighted by Gasteiger charge is 2.12. The van der Waals surface area contributed by atoms with E-state index in [4.69, 9.17) is 4.84 Å². The maximum absolute atomic E-state index is 11.8. The van der Waals surface area contributed by atoms with Crippen LogP contribution < -0.4 is 0 Å². The highest BCUT2D eigenvalue weighted by molar-refractivity contribution is 5.74. The second-order valence-corrected chi connectivity index (χ2v) is 4.00. The minimum absolute atomic E-state index is 0.0743. The van der Waals surface area contributed by atoms with Crippen molar-refractivity contribution in [2.24, 2.45) is 0 Å². The van der Waals surface area contributed by atoms with Crippen LogP contribution in [0, 0.1) is 0 Å². The predicted molar refractivity (Wildman–Crippen MR) is 68.1 cm³/mol. The van der Waals surface area contributed by atoms with E-state index in [1.54, 1.807) is 0 Å². The van der Waals surface area contributed by atoms with Crippen LogP contribution in [0.15, 0.2) is 30.3 Å². The van der Waals surface area contributed by atoms with E-state index in [0.29, 0.717) is 19.6 Å². The molecule has 0 aliphatic rings. The molecule has 0 saturated heterocycles. The van der Waals surface area contributed by atoms with Gasteiger partial charge in [0.25, 0.3) is 0 Å². The monoisotopic (exact) mass is 235 g/mol. The highest BCUT2D eigenvalue weighted by Crippen LogP contribution is 2.06. The van der Waals surface area contributed by atoms with E-state index < -0.39 is 0 Å². The summed E-state index contributed by atoms with van der Waals surface area (Å²) in [5.74, 6) is 0.0743. The predicted octanol–water partition coefficient (Wildman–Crippen LogP) is 3.16. The Hall–Kier alpha value is -1.35. The first-order valence-corrected chi connectivity index (χ1v) is 6.25. The Kier molecular flexibility index (Phi) is 6.33. The van der Waals surface area contributed by atoms with Gasteiger partial charge in [0.2, 0.25) is 5.91 Å². The molecule has 0 unspecified atom stereocenters. The number of carbonyl (C=O) groups is 1. The molecule has 0 aliphatic carbocycles. The zero-order valence-corrected chi connectivity index (χ0v) is 10.7. The normalized spacial score (nSPS) is 10.2. The van der Waals surface area contributed by atoms with Gasteiger partial charge < -0.3 is 0 Å². The van der Waals surface area contributed by atoms with Crippen LogP contribution in [0.3, 0.4) is 0 Å². The van der Waals surface area contributed by atoms with Crippen molar-refractivity contribution in [1.82, 2.24) is 5.06 Å². The van der Waals surface area contributed by atoms with Crippen LogP contribution in [0.5, 0.6) is 0 Å². The molecule has 0 spiro atoms. The summed E-state index contributed by atoms with van der Waals surface area (Å²) in [7, 11) is 0. The van der Waals surface area contributed by atoms with Gasteiger partial charge in [-0.3, -0.25) is 9.63 Å². The third-order valence-corrected chi connectivity index (χ3v) is 2.40. The van der Waals surface area contributed by atoms with Gasteiger partial charge in [0, 0.05) is 13.0 Å². The first kappa shape index (κ1) is 13.7. The molecule has 0 fully saturated rings. The summed E-state index contributed by atoms with van der Waals surface area (Å²) < 4.78 is 0. The van der Waals surface area contributed by atoms with E-state index in [1.165, 1.54) is 5.06 Å². The molecule has 1 aromatic rings. The first-order chi connectivity index (χ1) is 8.27. The lowest BCUT2D eigenvalue weighted by atomic mass is 10.2. The molecule has 0 heterocycles. The topological polar surface area (TPSA) is 29.5 Å². The lowest BCUT2D eigenvalue weighted by molar-refractivity contribution is -0.191. The van der Waals surface area contributed by atoms with Crippen LogP contribution in [0.2, 0.25) is 0 Å². The van der Waals surface area contributed by atoms with Crippen molar-refractivity contribution in [2.75, 3.05) is 6.54 Å². The summed E-state index contributed by atoms with van der Waals surface area (Å²) in [6.07, 6.45) is 2.31. The van der Waals surface area contributed by atoms with Gasteiger partial charge in [-0.2, -0.15) is 0 Å². The summed E-state index contributed by atoms with van der Waals surface area (Å²) in [5.41, 5.74) is 1.08. The van der Waals surface area contributed by atoms with Gasteiger partial charge in [0.15, 0.2) is 0 Å². The highest BCUT2D eigenvalue weighted by atomic mass is 16.7. The Labute approximate surface area is 103 Å². The van der Waals surface area contributed by atoms with Crippen LogP contribution >= 0.6 is 0 Å². The molecule has 0 radical (unpaired) electrons. The maximum atomic E-state index is 11.8. The molecule has 1 amide bonds. The fourth-order valence-corrected chi connectivity index (χ4v) is 1.53. The summed E-state index contributed by atoms with van der Waals surface area (Å²) in [6, 6.07) is 9.89. The van der Waals surface area contributed by atoms with Gasteiger partial charge in [0.05, 0.1) is 0 Å². The van der Waals surface area contributed by atoms with Crippen molar-refractivity contribution < 1.29 is 9.63 Å². The van der Waals surface area contributed by atoms with E-state index in [2.05, 4.69) is 0 Å². The number of carbonyl (C=O) groups excluding carboxylic acids is 1. The second kappa shape index (κ2) is 7.85. The van der Waals surface area contributed by atoms with Crippen LogP contribution in [-0.2, 0) is 16.2 Å². The van der Waals surface area contributed by atoms with Crippen LogP contribution in [0.4, 0.5) is 0 Å². The Morgan fingerprint density at radius 3 is 2.47 bits per heavy atom. The fourth-order valence-electron chi connectivity index (χ4n) is 1.53. The van der Waals surface area contributed by atoms with E-state index in [-0.39, 0.29) is 5.91 Å². The van der Waals surface area contributed by atoms with E-state index in [0.717, 1.165) is 18.4 Å². The van der Waals surface area contributed by atoms with Gasteiger partial charge in [-0.25, -0.2) is 5.06 Å². The minimum atomic E-state index is 0.0743. The summed E-state index contributed by atoms with van der Waals surface area (Å²) >= 11 is 0. The summed E-state index contributed by atoms with van der Waals surface area (Å²) in [6.45, 7) is 5.15. The number of nitrogens with zero attached hydrogens (tertiary/aromatic N) is 1. The number of hydroxylamine groups is 2. The van der Waals surface area contributed by atoms with Crippen LogP contribution in [0.1, 0.15) is 38.7 Å². The third kappa shape index (κ3) is 5.00. The molecule has 3 heteroatoms. The number of rotatable bonds is 7. The smallest absolute Gasteiger partial charge is 0.246 e. The van der Waals surface area contributed by atoms with Crippen molar-refractivity contribution in [3.05, 3.63) is 35.9 Å². The van der Waals surface area contributed by atoms with Gasteiger partial charge in [-0.05, 0) is 18.4 Å². The molecule has 17 heavy (non-hydrogen) atoms. The van der Waals surface area contributed by atoms with Crippen LogP contribution in [0.25, 0.3) is 0 Å². The Morgan fingerprint density at radius 2 is 1.88 bits per heavy atom. The minimum Gasteiger partial charge on any atom is -0.273 e. The lowest BCUT2D eigenvalue weighted by Crippen LogP contribution is -2.31. The number of hydrogen-bond donors (Lipinski definition) is 0. The molecule has 0 bridgehead atoms. The number of benzene rings is 1. The summed E-state index contributed by atoms with van der Waals surface area (Å²) in [5, 5.41) is 1.50. The molecule has 0 aliphatic heterocycles. The average molecular weight is 235 g/mol. The quantitative estimate of drug-likeness (QED) is 0.679. The SMILES string of the molecule is CCCC(=O)N(CCC)OCc1ccccc1. The zero-order valence-electron chi connectivity index (χ0n) is 10.7. The second-order valence-electron chi connectivity index (χ2n) is 4.00. The molecule has 1 aromatic carbocycles. The van der Waals surface area contributed by atoms with E-state index in [9.17, 15) is 4.79 Å². The molecule has 94 valence electrons. The number of amides is 1. The standard InChI is InChI=1S/C14H21NO2/c1-3-8-14(16)15(11-4-2)17-12-13-9-6-5-7-10-13/h5-7,9-10H,3-4,8,11-12H2,1-2H3. The van der Waals surface area contributed by atoms with Crippen molar-refractivity contribution in [3.8, 4) is 0 Å². The largest absolute Gasteiger partial charge is 0.273 e. The molecule has 0 N–H and O–H groups in total. The molecule has 0 atom stereocenters. The van der Waals surface area contributed by atoms with E-state index >= 15 is 0 Å². The van der Waals surface area contributed by atoms with Gasteiger partial charge >= 0.3 is 0 Å². The maximum Gasteiger partial charge on any atom is 0.246 e. The van der Waals surface area contributed by atoms with Crippen molar-refractivity contribution in [2.45, 2.75) is 39.7 Å².